The lowest BCUT2D eigenvalue weighted by Crippen LogP contribution is -2.27. The molecule has 1 aromatic rings. The van der Waals surface area contributed by atoms with Gasteiger partial charge in [0.1, 0.15) is 6.61 Å². The maximum atomic E-state index is 12.2. The summed E-state index contributed by atoms with van der Waals surface area (Å²) < 4.78 is 10.9. The first-order valence-electron chi connectivity index (χ1n) is 7.01. The summed E-state index contributed by atoms with van der Waals surface area (Å²) in [5.74, 6) is -0.153. The van der Waals surface area contributed by atoms with Crippen molar-refractivity contribution in [3.63, 3.8) is 0 Å². The quantitative estimate of drug-likeness (QED) is 0.510. The van der Waals surface area contributed by atoms with E-state index in [2.05, 4.69) is 0 Å². The Morgan fingerprint density at radius 2 is 1.80 bits per heavy atom. The smallest absolute Gasteiger partial charge is 0.316 e. The molecular formula is C16H23NO3. The van der Waals surface area contributed by atoms with E-state index in [9.17, 15) is 4.79 Å². The van der Waals surface area contributed by atoms with Crippen molar-refractivity contribution in [3.8, 4) is 0 Å². The van der Waals surface area contributed by atoms with Crippen molar-refractivity contribution in [2.24, 2.45) is 0 Å². The number of hydrogen-bond acceptors (Lipinski definition) is 4. The summed E-state index contributed by atoms with van der Waals surface area (Å²) in [6.45, 7) is 6.66. The Kier molecular flexibility index (Phi) is 4.04. The maximum Gasteiger partial charge on any atom is 0.316 e. The van der Waals surface area contributed by atoms with Crippen molar-refractivity contribution < 1.29 is 14.3 Å². The zero-order valence-corrected chi connectivity index (χ0v) is 12.4. The zero-order valence-electron chi connectivity index (χ0n) is 12.4. The Bertz CT molecular complexity index is 469. The van der Waals surface area contributed by atoms with Crippen LogP contribution in [0.5, 0.6) is 0 Å². The molecule has 20 heavy (non-hydrogen) atoms. The molecule has 0 atom stereocenters. The van der Waals surface area contributed by atoms with E-state index in [0.717, 1.165) is 18.4 Å². The van der Waals surface area contributed by atoms with Crippen molar-refractivity contribution in [2.75, 3.05) is 18.9 Å². The third-order valence-electron chi connectivity index (χ3n) is 3.46. The molecule has 1 fully saturated rings. The third-order valence-corrected chi connectivity index (χ3v) is 3.46. The Hall–Kier alpha value is -1.55. The van der Waals surface area contributed by atoms with E-state index in [1.807, 2.05) is 45.0 Å². The standard InChI is InChI=1S/C16H23NO3/c1-15(2,3)20-11-10-19-14(18)16(8-9-16)12-4-6-13(17)7-5-12/h4-7H,8-11,17H2,1-3H3. The van der Waals surface area contributed by atoms with Gasteiger partial charge in [-0.05, 0) is 51.3 Å². The number of nitrogen functional groups attached to an aromatic ring is 1. The first-order valence-corrected chi connectivity index (χ1v) is 7.01. The molecule has 0 unspecified atom stereocenters. The largest absolute Gasteiger partial charge is 0.463 e. The third kappa shape index (κ3) is 3.51. The summed E-state index contributed by atoms with van der Waals surface area (Å²) >= 11 is 0. The number of nitrogens with two attached hydrogens (primary N) is 1. The fourth-order valence-electron chi connectivity index (χ4n) is 2.16. The molecule has 4 nitrogen and oxygen atoms in total. The van der Waals surface area contributed by atoms with E-state index >= 15 is 0 Å². The number of esters is 1. The molecule has 0 radical (unpaired) electrons. The van der Waals surface area contributed by atoms with Gasteiger partial charge in [-0.25, -0.2) is 0 Å². The molecule has 0 amide bonds. The van der Waals surface area contributed by atoms with Gasteiger partial charge >= 0.3 is 5.97 Å². The summed E-state index contributed by atoms with van der Waals surface area (Å²) in [5, 5.41) is 0. The molecular weight excluding hydrogens is 254 g/mol. The van der Waals surface area contributed by atoms with Gasteiger partial charge in [0.25, 0.3) is 0 Å². The van der Waals surface area contributed by atoms with Crippen molar-refractivity contribution in [1.29, 1.82) is 0 Å². The SMILES string of the molecule is CC(C)(C)OCCOC(=O)C1(c2ccc(N)cc2)CC1. The van der Waals surface area contributed by atoms with Gasteiger partial charge in [0, 0.05) is 5.69 Å². The maximum absolute atomic E-state index is 12.2. The molecule has 0 spiro atoms. The second-order valence-electron chi connectivity index (χ2n) is 6.30. The lowest BCUT2D eigenvalue weighted by Gasteiger charge is -2.20. The highest BCUT2D eigenvalue weighted by Gasteiger charge is 2.52. The molecule has 0 saturated heterocycles. The molecule has 2 rings (SSSR count). The van der Waals surface area contributed by atoms with Crippen LogP contribution in [-0.4, -0.2) is 24.8 Å². The van der Waals surface area contributed by atoms with Crippen molar-refractivity contribution in [2.45, 2.75) is 44.6 Å². The van der Waals surface area contributed by atoms with Gasteiger partial charge in [0.05, 0.1) is 17.6 Å². The topological polar surface area (TPSA) is 61.5 Å². The number of rotatable bonds is 5. The summed E-state index contributed by atoms with van der Waals surface area (Å²) in [4.78, 5) is 12.2. The molecule has 1 aromatic carbocycles. The van der Waals surface area contributed by atoms with Gasteiger partial charge in [-0.2, -0.15) is 0 Å². The van der Waals surface area contributed by atoms with E-state index in [1.54, 1.807) is 0 Å². The van der Waals surface area contributed by atoms with Crippen molar-refractivity contribution in [1.82, 2.24) is 0 Å². The molecule has 0 heterocycles. The summed E-state index contributed by atoms with van der Waals surface area (Å²) in [6.07, 6.45) is 1.69. The normalized spacial score (nSPS) is 16.8. The predicted molar refractivity (Wildman–Crippen MR) is 78.4 cm³/mol. The van der Waals surface area contributed by atoms with Gasteiger partial charge in [0.15, 0.2) is 0 Å². The van der Waals surface area contributed by atoms with Crippen LogP contribution in [0.2, 0.25) is 0 Å². The number of hydrogen-bond donors (Lipinski definition) is 1. The fourth-order valence-corrected chi connectivity index (χ4v) is 2.16. The lowest BCUT2D eigenvalue weighted by molar-refractivity contribution is -0.150. The molecule has 1 aliphatic carbocycles. The lowest BCUT2D eigenvalue weighted by atomic mass is 9.96. The van der Waals surface area contributed by atoms with Crippen LogP contribution in [0, 0.1) is 0 Å². The van der Waals surface area contributed by atoms with Crippen molar-refractivity contribution >= 4 is 11.7 Å². The number of anilines is 1. The number of carbonyl (C=O) groups excluding carboxylic acids is 1. The highest BCUT2D eigenvalue weighted by atomic mass is 16.6. The van der Waals surface area contributed by atoms with Crippen molar-refractivity contribution in [3.05, 3.63) is 29.8 Å². The monoisotopic (exact) mass is 277 g/mol. The molecule has 1 aliphatic rings. The van der Waals surface area contributed by atoms with Crippen LogP contribution in [-0.2, 0) is 19.7 Å². The van der Waals surface area contributed by atoms with Gasteiger partial charge in [-0.15, -0.1) is 0 Å². The molecule has 2 N–H and O–H groups in total. The Balaban J connectivity index is 1.87. The van der Waals surface area contributed by atoms with Crippen LogP contribution in [0.4, 0.5) is 5.69 Å². The molecule has 0 bridgehead atoms. The van der Waals surface area contributed by atoms with Gasteiger partial charge in [-0.3, -0.25) is 4.79 Å². The van der Waals surface area contributed by atoms with E-state index in [1.165, 1.54) is 0 Å². The van der Waals surface area contributed by atoms with Gasteiger partial charge < -0.3 is 15.2 Å². The van der Waals surface area contributed by atoms with E-state index < -0.39 is 5.41 Å². The second-order valence-corrected chi connectivity index (χ2v) is 6.30. The number of carbonyl (C=O) groups is 1. The predicted octanol–water partition coefficient (Wildman–Crippen LogP) is 2.66. The first-order chi connectivity index (χ1) is 9.33. The minimum Gasteiger partial charge on any atom is -0.463 e. The Morgan fingerprint density at radius 1 is 1.20 bits per heavy atom. The Morgan fingerprint density at radius 3 is 2.30 bits per heavy atom. The summed E-state index contributed by atoms with van der Waals surface area (Å²) in [6, 6.07) is 7.47. The molecule has 0 aromatic heterocycles. The number of benzene rings is 1. The minimum absolute atomic E-state index is 0.153. The van der Waals surface area contributed by atoms with Gasteiger partial charge in [-0.1, -0.05) is 12.1 Å². The van der Waals surface area contributed by atoms with Crippen LogP contribution < -0.4 is 5.73 Å². The van der Waals surface area contributed by atoms with Crippen LogP contribution in [0.1, 0.15) is 39.2 Å². The first kappa shape index (κ1) is 14.9. The fraction of sp³-hybridized carbons (Fsp3) is 0.562. The minimum atomic E-state index is -0.449. The summed E-state index contributed by atoms with van der Waals surface area (Å²) in [5.41, 5.74) is 6.72. The van der Waals surface area contributed by atoms with Crippen LogP contribution in [0.3, 0.4) is 0 Å². The van der Waals surface area contributed by atoms with Gasteiger partial charge in [0.2, 0.25) is 0 Å². The van der Waals surface area contributed by atoms with Crippen LogP contribution >= 0.6 is 0 Å². The van der Waals surface area contributed by atoms with E-state index in [0.29, 0.717) is 18.9 Å². The Labute approximate surface area is 120 Å². The molecule has 4 heteroatoms. The van der Waals surface area contributed by atoms with Crippen LogP contribution in [0.15, 0.2) is 24.3 Å². The number of ether oxygens (including phenoxy) is 2. The summed E-state index contributed by atoms with van der Waals surface area (Å²) in [7, 11) is 0. The average Bonchev–Trinajstić information content (AvgIpc) is 3.15. The molecule has 0 aliphatic heterocycles. The highest BCUT2D eigenvalue weighted by molar-refractivity contribution is 5.86. The van der Waals surface area contributed by atoms with Crippen LogP contribution in [0.25, 0.3) is 0 Å². The zero-order chi connectivity index (χ0) is 14.8. The van der Waals surface area contributed by atoms with E-state index in [4.69, 9.17) is 15.2 Å². The highest BCUT2D eigenvalue weighted by Crippen LogP contribution is 2.49. The molecule has 110 valence electrons. The average molecular weight is 277 g/mol. The molecule has 1 saturated carbocycles. The van der Waals surface area contributed by atoms with E-state index in [-0.39, 0.29) is 11.6 Å². The second kappa shape index (κ2) is 5.44.